The van der Waals surface area contributed by atoms with Crippen molar-refractivity contribution in [2.45, 2.75) is 12.8 Å². The van der Waals surface area contributed by atoms with Crippen molar-refractivity contribution in [3.8, 4) is 22.8 Å². The monoisotopic (exact) mass is 344 g/mol. The summed E-state index contributed by atoms with van der Waals surface area (Å²) in [6.45, 7) is 2.64. The van der Waals surface area contributed by atoms with E-state index in [1.165, 1.54) is 18.2 Å². The number of nitrogens with one attached hydrogen (secondary N) is 1. The maximum atomic E-state index is 14.3. The Kier molecular flexibility index (Phi) is 3.42. The second kappa shape index (κ2) is 5.49. The zero-order chi connectivity index (χ0) is 16.8. The van der Waals surface area contributed by atoms with Crippen LogP contribution in [-0.2, 0) is 0 Å². The van der Waals surface area contributed by atoms with Crippen LogP contribution in [0.4, 0.5) is 10.1 Å². The van der Waals surface area contributed by atoms with E-state index in [9.17, 15) is 9.50 Å². The zero-order valence-electron chi connectivity index (χ0n) is 12.8. The summed E-state index contributed by atoms with van der Waals surface area (Å²) in [5.41, 5.74) is 1.78. The first-order chi connectivity index (χ1) is 11.5. The van der Waals surface area contributed by atoms with Gasteiger partial charge in [-0.2, -0.15) is 0 Å². The highest BCUT2D eigenvalue weighted by atomic mass is 35.5. The van der Waals surface area contributed by atoms with Crippen molar-refractivity contribution in [2.24, 2.45) is 0 Å². The first kappa shape index (κ1) is 15.0. The number of benzene rings is 2. The van der Waals surface area contributed by atoms with Gasteiger partial charge in [-0.1, -0.05) is 18.5 Å². The standard InChI is InChI=1S/C17H14ClFN4O/c1-9-8-20-14-7-11(24)3-5-15(14)23-16(9)21-22-17(23)12-6-10(18)2-4-13(12)19/h2-7,9,20,24H,8H2,1H3/t9-/m0/s1. The Morgan fingerprint density at radius 2 is 2.08 bits per heavy atom. The normalized spacial score (nSPS) is 16.0. The Balaban J connectivity index is 2.02. The number of nitrogens with zero attached hydrogens (tertiary/aromatic N) is 3. The lowest BCUT2D eigenvalue weighted by Crippen LogP contribution is -2.09. The van der Waals surface area contributed by atoms with Crippen LogP contribution in [0.1, 0.15) is 18.7 Å². The summed E-state index contributed by atoms with van der Waals surface area (Å²) in [6, 6.07) is 9.32. The van der Waals surface area contributed by atoms with E-state index >= 15 is 0 Å². The van der Waals surface area contributed by atoms with E-state index in [-0.39, 0.29) is 17.2 Å². The summed E-state index contributed by atoms with van der Waals surface area (Å²) >= 11 is 6.03. The number of phenolic OH excluding ortho intramolecular Hbond substituents is 1. The number of rotatable bonds is 1. The van der Waals surface area contributed by atoms with Gasteiger partial charge in [-0.05, 0) is 30.3 Å². The Morgan fingerprint density at radius 1 is 1.25 bits per heavy atom. The molecule has 1 aliphatic rings. The lowest BCUT2D eigenvalue weighted by atomic mass is 10.1. The van der Waals surface area contributed by atoms with E-state index in [0.29, 0.717) is 17.4 Å². The molecular formula is C17H14ClFN4O. The summed E-state index contributed by atoms with van der Waals surface area (Å²) < 4.78 is 16.2. The highest BCUT2D eigenvalue weighted by molar-refractivity contribution is 6.30. The Morgan fingerprint density at radius 3 is 2.92 bits per heavy atom. The molecule has 0 amide bonds. The van der Waals surface area contributed by atoms with E-state index in [4.69, 9.17) is 11.6 Å². The Hall–Kier alpha value is -2.60. The number of halogens is 2. The van der Waals surface area contributed by atoms with Crippen LogP contribution in [0.15, 0.2) is 36.4 Å². The van der Waals surface area contributed by atoms with Crippen molar-refractivity contribution in [1.82, 2.24) is 14.8 Å². The molecule has 5 nitrogen and oxygen atoms in total. The van der Waals surface area contributed by atoms with Gasteiger partial charge in [-0.25, -0.2) is 4.39 Å². The molecule has 2 heterocycles. The predicted octanol–water partition coefficient (Wildman–Crippen LogP) is 3.96. The van der Waals surface area contributed by atoms with Crippen molar-refractivity contribution >= 4 is 17.3 Å². The highest BCUT2D eigenvalue weighted by Gasteiger charge is 2.26. The van der Waals surface area contributed by atoms with Crippen molar-refractivity contribution in [2.75, 3.05) is 11.9 Å². The number of hydrogen-bond donors (Lipinski definition) is 2. The van der Waals surface area contributed by atoms with E-state index in [1.807, 2.05) is 11.5 Å². The summed E-state index contributed by atoms with van der Waals surface area (Å²) in [4.78, 5) is 0. The van der Waals surface area contributed by atoms with Gasteiger partial charge in [-0.3, -0.25) is 4.57 Å². The number of aromatic nitrogens is 3. The van der Waals surface area contributed by atoms with Crippen LogP contribution in [0.2, 0.25) is 5.02 Å². The van der Waals surface area contributed by atoms with E-state index in [0.717, 1.165) is 17.2 Å². The summed E-state index contributed by atoms with van der Waals surface area (Å²) in [7, 11) is 0. The average Bonchev–Trinajstić information content (AvgIpc) is 2.94. The minimum Gasteiger partial charge on any atom is -0.508 e. The fourth-order valence-corrected chi connectivity index (χ4v) is 3.08. The van der Waals surface area contributed by atoms with Crippen LogP contribution in [0, 0.1) is 5.82 Å². The van der Waals surface area contributed by atoms with Gasteiger partial charge in [0.2, 0.25) is 0 Å². The van der Waals surface area contributed by atoms with Crippen LogP contribution >= 0.6 is 11.6 Å². The third-order valence-electron chi connectivity index (χ3n) is 4.12. The molecule has 0 saturated carbocycles. The smallest absolute Gasteiger partial charge is 0.171 e. The fourth-order valence-electron chi connectivity index (χ4n) is 2.91. The lowest BCUT2D eigenvalue weighted by Gasteiger charge is -2.13. The van der Waals surface area contributed by atoms with Crippen molar-refractivity contribution in [1.29, 1.82) is 0 Å². The quantitative estimate of drug-likeness (QED) is 0.701. The van der Waals surface area contributed by atoms with Gasteiger partial charge in [-0.15, -0.1) is 10.2 Å². The number of phenols is 1. The molecule has 2 aromatic carbocycles. The topological polar surface area (TPSA) is 63.0 Å². The number of anilines is 1. The Labute approximate surface area is 142 Å². The van der Waals surface area contributed by atoms with E-state index < -0.39 is 5.82 Å². The minimum atomic E-state index is -0.417. The van der Waals surface area contributed by atoms with E-state index in [1.54, 1.807) is 18.2 Å². The van der Waals surface area contributed by atoms with Gasteiger partial charge in [0.15, 0.2) is 5.82 Å². The summed E-state index contributed by atoms with van der Waals surface area (Å²) in [5, 5.41) is 21.9. The third-order valence-corrected chi connectivity index (χ3v) is 4.35. The van der Waals surface area contributed by atoms with Crippen LogP contribution in [0.3, 0.4) is 0 Å². The number of aromatic hydroxyl groups is 1. The van der Waals surface area contributed by atoms with Gasteiger partial charge < -0.3 is 10.4 Å². The highest BCUT2D eigenvalue weighted by Crippen LogP contribution is 2.36. The van der Waals surface area contributed by atoms with Crippen LogP contribution < -0.4 is 5.32 Å². The molecule has 0 spiro atoms. The first-order valence-electron chi connectivity index (χ1n) is 7.52. The molecular weight excluding hydrogens is 331 g/mol. The molecule has 122 valence electrons. The van der Waals surface area contributed by atoms with Gasteiger partial charge in [0.25, 0.3) is 0 Å². The van der Waals surface area contributed by atoms with Crippen molar-refractivity contribution in [3.05, 3.63) is 53.1 Å². The van der Waals surface area contributed by atoms with Gasteiger partial charge in [0, 0.05) is 23.6 Å². The maximum Gasteiger partial charge on any atom is 0.171 e. The SMILES string of the molecule is C[C@H]1CNc2cc(O)ccc2-n2c(-c3cc(Cl)ccc3F)nnc21. The van der Waals surface area contributed by atoms with Gasteiger partial charge >= 0.3 is 0 Å². The van der Waals surface area contributed by atoms with Gasteiger partial charge in [0.1, 0.15) is 17.4 Å². The van der Waals surface area contributed by atoms with Crippen LogP contribution in [0.25, 0.3) is 17.1 Å². The van der Waals surface area contributed by atoms with Gasteiger partial charge in [0.05, 0.1) is 16.9 Å². The zero-order valence-corrected chi connectivity index (χ0v) is 13.5. The molecule has 1 aliphatic heterocycles. The van der Waals surface area contributed by atoms with Crippen LogP contribution in [0.5, 0.6) is 5.75 Å². The third kappa shape index (κ3) is 2.30. The van der Waals surface area contributed by atoms with Crippen molar-refractivity contribution in [3.63, 3.8) is 0 Å². The first-order valence-corrected chi connectivity index (χ1v) is 7.90. The molecule has 7 heteroatoms. The Bertz CT molecular complexity index is 940. The molecule has 1 atom stereocenters. The predicted molar refractivity (Wildman–Crippen MR) is 90.3 cm³/mol. The largest absolute Gasteiger partial charge is 0.508 e. The summed E-state index contributed by atoms with van der Waals surface area (Å²) in [6.07, 6.45) is 0. The fraction of sp³-hybridized carbons (Fsp3) is 0.176. The molecule has 4 rings (SSSR count). The minimum absolute atomic E-state index is 0.0584. The second-order valence-electron chi connectivity index (χ2n) is 5.82. The molecule has 24 heavy (non-hydrogen) atoms. The van der Waals surface area contributed by atoms with Crippen molar-refractivity contribution < 1.29 is 9.50 Å². The molecule has 2 N–H and O–H groups in total. The molecule has 0 unspecified atom stereocenters. The number of hydrogen-bond acceptors (Lipinski definition) is 4. The lowest BCUT2D eigenvalue weighted by molar-refractivity contribution is 0.475. The summed E-state index contributed by atoms with van der Waals surface area (Å²) in [5.74, 6) is 0.901. The number of fused-ring (bicyclic) bond motifs is 3. The molecule has 3 aromatic rings. The molecule has 0 saturated heterocycles. The average molecular weight is 345 g/mol. The second-order valence-corrected chi connectivity index (χ2v) is 6.26. The molecule has 0 radical (unpaired) electrons. The maximum absolute atomic E-state index is 14.3. The molecule has 0 fully saturated rings. The molecule has 0 aliphatic carbocycles. The molecule has 1 aromatic heterocycles. The van der Waals surface area contributed by atoms with E-state index in [2.05, 4.69) is 15.5 Å². The van der Waals surface area contributed by atoms with Crippen LogP contribution in [-0.4, -0.2) is 26.4 Å². The molecule has 0 bridgehead atoms.